The van der Waals surface area contributed by atoms with Gasteiger partial charge in [-0.3, -0.25) is 4.79 Å². The Labute approximate surface area is 232 Å². The molecule has 2 saturated heterocycles. The fraction of sp³-hybridized carbons (Fsp3) is 0.615. The van der Waals surface area contributed by atoms with E-state index in [0.29, 0.717) is 77.1 Å². The minimum Gasteiger partial charge on any atom is -0.459 e. The van der Waals surface area contributed by atoms with Crippen LogP contribution in [0, 0.1) is 5.92 Å². The monoisotopic (exact) mass is 559 g/mol. The van der Waals surface area contributed by atoms with Gasteiger partial charge in [0.1, 0.15) is 11.3 Å². The number of aliphatic imine (C=N–C) groups is 2. The summed E-state index contributed by atoms with van der Waals surface area (Å²) < 4.78 is 39.2. The first-order valence-electron chi connectivity index (χ1n) is 13.3. The number of morpholine rings is 1. The molecule has 216 valence electrons. The molecule has 0 atom stereocenters. The molecular weight excluding hydrogens is 524 g/mol. The minimum absolute atomic E-state index is 0.00657. The summed E-state index contributed by atoms with van der Waals surface area (Å²) in [6.45, 7) is 14.3. The maximum atomic E-state index is 14.0. The van der Waals surface area contributed by atoms with E-state index in [2.05, 4.69) is 48.3 Å². The number of carbonyl (C=O) groups is 1. The van der Waals surface area contributed by atoms with Crippen molar-refractivity contribution in [3.8, 4) is 11.4 Å². The number of hydrogen-bond acceptors (Lipinski definition) is 12. The van der Waals surface area contributed by atoms with E-state index in [4.69, 9.17) is 9.47 Å². The number of anilines is 2. The van der Waals surface area contributed by atoms with Crippen LogP contribution in [-0.4, -0.2) is 95.9 Å². The van der Waals surface area contributed by atoms with Gasteiger partial charge in [0, 0.05) is 38.9 Å². The van der Waals surface area contributed by atoms with Crippen molar-refractivity contribution in [2.75, 3.05) is 55.7 Å². The average Bonchev–Trinajstić information content (AvgIpc) is 2.97. The number of rotatable bonds is 11. The van der Waals surface area contributed by atoms with Crippen molar-refractivity contribution in [2.24, 2.45) is 15.9 Å². The fourth-order valence-corrected chi connectivity index (χ4v) is 4.66. The average molecular weight is 560 g/mol. The highest BCUT2D eigenvalue weighted by molar-refractivity contribution is 5.73. The largest absolute Gasteiger partial charge is 0.459 e. The van der Waals surface area contributed by atoms with Crippen molar-refractivity contribution < 1.29 is 23.0 Å². The number of aromatic nitrogens is 5. The number of ether oxygens (including phenoxy) is 2. The van der Waals surface area contributed by atoms with Gasteiger partial charge in [0.2, 0.25) is 17.8 Å². The van der Waals surface area contributed by atoms with Crippen molar-refractivity contribution in [1.29, 1.82) is 0 Å². The highest BCUT2D eigenvalue weighted by Gasteiger charge is 2.32. The number of halogens is 2. The predicted molar refractivity (Wildman–Crippen MR) is 147 cm³/mol. The summed E-state index contributed by atoms with van der Waals surface area (Å²) in [7, 11) is 0. The van der Waals surface area contributed by atoms with E-state index in [9.17, 15) is 13.6 Å². The lowest BCUT2D eigenvalue weighted by atomic mass is 9.96. The van der Waals surface area contributed by atoms with Crippen LogP contribution in [0.2, 0.25) is 0 Å². The molecule has 0 unspecified atom stereocenters. The number of nitrogens with zero attached hydrogens (tertiary/aromatic N) is 9. The molecule has 0 bridgehead atoms. The Morgan fingerprint density at radius 3 is 2.35 bits per heavy atom. The van der Waals surface area contributed by atoms with Gasteiger partial charge in [-0.15, -0.1) is 0 Å². The van der Waals surface area contributed by atoms with E-state index < -0.39 is 17.7 Å². The first-order chi connectivity index (χ1) is 19.2. The molecule has 2 aliphatic heterocycles. The Hall–Kier alpha value is -3.68. The second-order valence-corrected chi connectivity index (χ2v) is 10.3. The number of carbonyl (C=O) groups excluding carboxylic acids is 1. The van der Waals surface area contributed by atoms with Crippen LogP contribution in [-0.2, 0) is 14.3 Å². The maximum Gasteiger partial charge on any atom is 0.309 e. The molecule has 12 nitrogen and oxygen atoms in total. The highest BCUT2D eigenvalue weighted by atomic mass is 19.3. The van der Waals surface area contributed by atoms with Crippen LogP contribution in [0.4, 0.5) is 26.6 Å². The topological polar surface area (TPSA) is 131 Å². The lowest BCUT2D eigenvalue weighted by molar-refractivity contribution is -0.163. The molecule has 0 amide bonds. The Morgan fingerprint density at radius 2 is 1.75 bits per heavy atom. The molecule has 2 fully saturated rings. The van der Waals surface area contributed by atoms with Gasteiger partial charge in [-0.2, -0.15) is 15.0 Å². The number of esters is 1. The molecule has 40 heavy (non-hydrogen) atoms. The smallest absolute Gasteiger partial charge is 0.309 e. The normalized spacial score (nSPS) is 16.7. The van der Waals surface area contributed by atoms with Crippen molar-refractivity contribution in [1.82, 2.24) is 24.9 Å². The summed E-state index contributed by atoms with van der Waals surface area (Å²) in [5.41, 5.74) is -1.13. The van der Waals surface area contributed by atoms with Crippen molar-refractivity contribution >= 4 is 37.2 Å². The molecule has 0 aliphatic carbocycles. The Bertz CT molecular complexity index is 1200. The lowest BCUT2D eigenvalue weighted by Crippen LogP contribution is -2.41. The van der Waals surface area contributed by atoms with Gasteiger partial charge in [-0.05, 0) is 53.0 Å². The van der Waals surface area contributed by atoms with Gasteiger partial charge in [-0.1, -0.05) is 0 Å². The van der Waals surface area contributed by atoms with E-state index in [1.165, 1.54) is 6.20 Å². The molecule has 0 radical (unpaired) electrons. The zero-order chi connectivity index (χ0) is 28.7. The molecule has 14 heteroatoms. The van der Waals surface area contributed by atoms with Crippen LogP contribution in [0.5, 0.6) is 0 Å². The standard InChI is InChI=1S/C26H35F2N9O3/c1-26(2,8-5-9-29-3)40-22(38)17-6-10-36(11-7-17)24-33-21(34-25(35-24)37-12-14-39-15-13-37)18-16-31-23(30-4)32-19(18)20(27)28/h16-17,20H,3-15H2,1-2H3. The number of hydrogen-bond donors (Lipinski definition) is 0. The van der Waals surface area contributed by atoms with Gasteiger partial charge < -0.3 is 24.3 Å². The summed E-state index contributed by atoms with van der Waals surface area (Å²) in [4.78, 5) is 45.8. The van der Waals surface area contributed by atoms with E-state index in [-0.39, 0.29) is 29.2 Å². The van der Waals surface area contributed by atoms with Crippen LogP contribution < -0.4 is 9.80 Å². The van der Waals surface area contributed by atoms with Gasteiger partial charge in [0.25, 0.3) is 6.43 Å². The Kier molecular flexibility index (Phi) is 9.61. The quantitative estimate of drug-likeness (QED) is 0.229. The van der Waals surface area contributed by atoms with Crippen molar-refractivity contribution in [3.63, 3.8) is 0 Å². The summed E-state index contributed by atoms with van der Waals surface area (Å²) >= 11 is 0. The van der Waals surface area contributed by atoms with E-state index in [1.54, 1.807) is 0 Å². The first-order valence-corrected chi connectivity index (χ1v) is 13.3. The molecule has 4 rings (SSSR count). The van der Waals surface area contributed by atoms with E-state index >= 15 is 0 Å². The summed E-state index contributed by atoms with van der Waals surface area (Å²) in [6, 6.07) is 0. The third kappa shape index (κ3) is 7.29. The Morgan fingerprint density at radius 1 is 1.10 bits per heavy atom. The van der Waals surface area contributed by atoms with Gasteiger partial charge in [0.05, 0.1) is 24.7 Å². The second kappa shape index (κ2) is 13.1. The van der Waals surface area contributed by atoms with E-state index in [0.717, 1.165) is 6.42 Å². The van der Waals surface area contributed by atoms with Crippen LogP contribution in [0.3, 0.4) is 0 Å². The molecule has 4 heterocycles. The molecule has 0 N–H and O–H groups in total. The maximum absolute atomic E-state index is 14.0. The molecular formula is C26H35F2N9O3. The number of piperidine rings is 1. The lowest BCUT2D eigenvalue weighted by Gasteiger charge is -2.34. The van der Waals surface area contributed by atoms with Crippen molar-refractivity contribution in [3.05, 3.63) is 11.9 Å². The van der Waals surface area contributed by atoms with Crippen LogP contribution in [0.25, 0.3) is 11.4 Å². The third-order valence-electron chi connectivity index (χ3n) is 6.88. The first kappa shape index (κ1) is 29.3. The molecule has 2 aliphatic rings. The molecule has 0 spiro atoms. The van der Waals surface area contributed by atoms with Crippen LogP contribution in [0.1, 0.15) is 51.7 Å². The summed E-state index contributed by atoms with van der Waals surface area (Å²) in [5.74, 6) is 0.0847. The van der Waals surface area contributed by atoms with Crippen LogP contribution >= 0.6 is 0 Å². The number of alkyl halides is 2. The van der Waals surface area contributed by atoms with Gasteiger partial charge in [0.15, 0.2) is 5.82 Å². The van der Waals surface area contributed by atoms with Gasteiger partial charge >= 0.3 is 5.97 Å². The molecule has 0 saturated carbocycles. The predicted octanol–water partition coefficient (Wildman–Crippen LogP) is 3.45. The SMILES string of the molecule is C=NCCCC(C)(C)OC(=O)C1CCN(c2nc(-c3cnc(N=C)nc3C(F)F)nc(N3CCOCC3)n2)CC1. The van der Waals surface area contributed by atoms with Crippen molar-refractivity contribution in [2.45, 2.75) is 51.6 Å². The zero-order valence-electron chi connectivity index (χ0n) is 22.9. The highest BCUT2D eigenvalue weighted by Crippen LogP contribution is 2.32. The minimum atomic E-state index is -2.90. The second-order valence-electron chi connectivity index (χ2n) is 10.3. The molecule has 2 aromatic rings. The van der Waals surface area contributed by atoms with Gasteiger partial charge in [-0.25, -0.2) is 23.7 Å². The zero-order valence-corrected chi connectivity index (χ0v) is 22.9. The Balaban J connectivity index is 1.55. The van der Waals surface area contributed by atoms with E-state index in [1.807, 2.05) is 23.6 Å². The summed E-state index contributed by atoms with van der Waals surface area (Å²) in [5, 5.41) is 0. The van der Waals surface area contributed by atoms with Crippen LogP contribution in [0.15, 0.2) is 16.2 Å². The summed E-state index contributed by atoms with van der Waals surface area (Å²) in [6.07, 6.45) is 0.910. The fourth-order valence-electron chi connectivity index (χ4n) is 4.66. The third-order valence-corrected chi connectivity index (χ3v) is 6.88. The molecule has 2 aromatic heterocycles. The molecule has 0 aromatic carbocycles.